The Hall–Kier alpha value is -0.820. The predicted octanol–water partition coefficient (Wildman–Crippen LogP) is 3.42. The van der Waals surface area contributed by atoms with E-state index < -0.39 is 0 Å². The van der Waals surface area contributed by atoms with Gasteiger partial charge in [0, 0.05) is 44.2 Å². The van der Waals surface area contributed by atoms with Crippen LogP contribution in [0.5, 0.6) is 0 Å². The molecule has 3 aliphatic rings. The second-order valence-electron chi connectivity index (χ2n) is 7.88. The molecule has 1 N–H and O–H groups in total. The number of halogens is 2. The van der Waals surface area contributed by atoms with E-state index in [0.29, 0.717) is 40.4 Å². The van der Waals surface area contributed by atoms with Gasteiger partial charge in [-0.15, -0.1) is 23.7 Å². The van der Waals surface area contributed by atoms with Crippen molar-refractivity contribution in [2.24, 2.45) is 5.92 Å². The van der Waals surface area contributed by atoms with Crippen molar-refractivity contribution in [3.05, 3.63) is 21.3 Å². The van der Waals surface area contributed by atoms with Crippen LogP contribution in [0.3, 0.4) is 0 Å². The zero-order chi connectivity index (χ0) is 18.3. The molecule has 0 spiro atoms. The number of fused-ring (bicyclic) bond motifs is 2. The number of thiophene rings is 1. The maximum absolute atomic E-state index is 13.0. The van der Waals surface area contributed by atoms with Crippen LogP contribution in [0.15, 0.2) is 12.1 Å². The molecule has 0 radical (unpaired) electrons. The molecule has 1 aromatic heterocycles. The van der Waals surface area contributed by atoms with Crippen LogP contribution in [0.1, 0.15) is 48.2 Å². The van der Waals surface area contributed by atoms with Crippen molar-refractivity contribution >= 4 is 47.2 Å². The summed E-state index contributed by atoms with van der Waals surface area (Å²) in [4.78, 5) is 30.0. The van der Waals surface area contributed by atoms with Gasteiger partial charge in [-0.25, -0.2) is 0 Å². The van der Waals surface area contributed by atoms with E-state index in [2.05, 4.69) is 5.32 Å². The lowest BCUT2D eigenvalue weighted by molar-refractivity contribution is -0.138. The molecular formula is C19H27Cl2N3O2S. The van der Waals surface area contributed by atoms with Crippen LogP contribution in [0.4, 0.5) is 0 Å². The van der Waals surface area contributed by atoms with Crippen LogP contribution in [-0.2, 0) is 4.79 Å². The summed E-state index contributed by atoms with van der Waals surface area (Å²) in [6.07, 6.45) is 6.16. The number of piperidine rings is 2. The summed E-state index contributed by atoms with van der Waals surface area (Å²) in [5.74, 6) is 0.349. The number of rotatable bonds is 3. The number of carbonyl (C=O) groups excluding carboxylic acids is 2. The molecule has 0 aromatic carbocycles. The molecule has 2 atom stereocenters. The summed E-state index contributed by atoms with van der Waals surface area (Å²) < 4.78 is 0.635. The van der Waals surface area contributed by atoms with Crippen LogP contribution in [0.2, 0.25) is 4.34 Å². The van der Waals surface area contributed by atoms with E-state index in [9.17, 15) is 9.59 Å². The molecule has 4 rings (SSSR count). The Bertz CT molecular complexity index is 678. The summed E-state index contributed by atoms with van der Waals surface area (Å²) in [5, 5.41) is 3.64. The number of likely N-dealkylation sites (tertiary alicyclic amines) is 1. The first-order valence-electron chi connectivity index (χ1n) is 9.58. The minimum Gasteiger partial charge on any atom is -0.342 e. The molecule has 2 bridgehead atoms. The van der Waals surface area contributed by atoms with Crippen molar-refractivity contribution < 1.29 is 9.59 Å². The Morgan fingerprint density at radius 2 is 1.78 bits per heavy atom. The van der Waals surface area contributed by atoms with Crippen molar-refractivity contribution in [3.63, 3.8) is 0 Å². The molecule has 0 aliphatic carbocycles. The van der Waals surface area contributed by atoms with Crippen LogP contribution in [0, 0.1) is 5.92 Å². The number of carbonyl (C=O) groups is 2. The zero-order valence-electron chi connectivity index (χ0n) is 15.5. The summed E-state index contributed by atoms with van der Waals surface area (Å²) in [6.45, 7) is 1.30. The fourth-order valence-electron chi connectivity index (χ4n) is 4.73. The number of nitrogens with one attached hydrogen (secondary N) is 1. The SMILES string of the molecule is CN(C(=O)C1CCN(C(=O)c2ccc(Cl)s2)CC1)C1CC2CCC(C1)N2.Cl. The highest BCUT2D eigenvalue weighted by Gasteiger charge is 2.38. The second kappa shape index (κ2) is 8.68. The Kier molecular flexibility index (Phi) is 6.72. The smallest absolute Gasteiger partial charge is 0.263 e. The van der Waals surface area contributed by atoms with Gasteiger partial charge in [0.1, 0.15) is 0 Å². The summed E-state index contributed by atoms with van der Waals surface area (Å²) in [7, 11) is 1.98. The third-order valence-corrected chi connectivity index (χ3v) is 7.48. The van der Waals surface area contributed by atoms with Gasteiger partial charge in [-0.3, -0.25) is 9.59 Å². The number of nitrogens with zero attached hydrogens (tertiary/aromatic N) is 2. The first-order valence-corrected chi connectivity index (χ1v) is 10.8. The number of hydrogen-bond donors (Lipinski definition) is 1. The average molecular weight is 432 g/mol. The lowest BCUT2D eigenvalue weighted by Gasteiger charge is -2.39. The fourth-order valence-corrected chi connectivity index (χ4v) is 5.74. The minimum absolute atomic E-state index is 0. The molecule has 1 aromatic rings. The normalized spacial score (nSPS) is 27.9. The lowest BCUT2D eigenvalue weighted by atomic mass is 9.92. The van der Waals surface area contributed by atoms with Crippen molar-refractivity contribution in [2.45, 2.75) is 56.7 Å². The van der Waals surface area contributed by atoms with Crippen LogP contribution in [-0.4, -0.2) is 59.9 Å². The maximum Gasteiger partial charge on any atom is 0.263 e. The third kappa shape index (κ3) is 4.44. The van der Waals surface area contributed by atoms with Gasteiger partial charge in [0.25, 0.3) is 5.91 Å². The lowest BCUT2D eigenvalue weighted by Crippen LogP contribution is -2.51. The molecule has 0 saturated carbocycles. The second-order valence-corrected chi connectivity index (χ2v) is 9.60. The van der Waals surface area contributed by atoms with E-state index >= 15 is 0 Å². The maximum atomic E-state index is 13.0. The van der Waals surface area contributed by atoms with Gasteiger partial charge in [-0.2, -0.15) is 0 Å². The van der Waals surface area contributed by atoms with Crippen molar-refractivity contribution in [1.29, 1.82) is 0 Å². The molecule has 2 unspecified atom stereocenters. The van der Waals surface area contributed by atoms with Crippen molar-refractivity contribution in [1.82, 2.24) is 15.1 Å². The average Bonchev–Trinajstić information content (AvgIpc) is 3.24. The van der Waals surface area contributed by atoms with Crippen molar-refractivity contribution in [3.8, 4) is 0 Å². The van der Waals surface area contributed by atoms with Gasteiger partial charge in [0.05, 0.1) is 9.21 Å². The van der Waals surface area contributed by atoms with Crippen molar-refractivity contribution in [2.75, 3.05) is 20.1 Å². The molecular weight excluding hydrogens is 405 g/mol. The summed E-state index contributed by atoms with van der Waals surface area (Å²) in [6, 6.07) is 5.09. The first kappa shape index (κ1) is 20.9. The third-order valence-electron chi connectivity index (χ3n) is 6.26. The van der Waals surface area contributed by atoms with E-state index in [1.54, 1.807) is 12.1 Å². The monoisotopic (exact) mass is 431 g/mol. The fraction of sp³-hybridized carbons (Fsp3) is 0.684. The molecule has 150 valence electrons. The van der Waals surface area contributed by atoms with Crippen LogP contribution < -0.4 is 5.32 Å². The van der Waals surface area contributed by atoms with Gasteiger partial charge in [-0.1, -0.05) is 11.6 Å². The zero-order valence-corrected chi connectivity index (χ0v) is 17.9. The molecule has 5 nitrogen and oxygen atoms in total. The van der Waals surface area contributed by atoms with E-state index in [-0.39, 0.29) is 30.1 Å². The van der Waals surface area contributed by atoms with Gasteiger partial charge >= 0.3 is 0 Å². The Labute approximate surface area is 175 Å². The highest BCUT2D eigenvalue weighted by molar-refractivity contribution is 7.17. The van der Waals surface area contributed by atoms with Gasteiger partial charge in [-0.05, 0) is 50.7 Å². The first-order chi connectivity index (χ1) is 12.5. The number of hydrogen-bond acceptors (Lipinski definition) is 4. The van der Waals surface area contributed by atoms with Gasteiger partial charge < -0.3 is 15.1 Å². The predicted molar refractivity (Wildman–Crippen MR) is 111 cm³/mol. The highest BCUT2D eigenvalue weighted by atomic mass is 35.5. The van der Waals surface area contributed by atoms with Gasteiger partial charge in [0.15, 0.2) is 0 Å². The molecule has 4 heterocycles. The molecule has 2 amide bonds. The molecule has 3 fully saturated rings. The van der Waals surface area contributed by atoms with E-state index in [0.717, 1.165) is 25.7 Å². The van der Waals surface area contributed by atoms with Gasteiger partial charge in [0.2, 0.25) is 5.91 Å². The summed E-state index contributed by atoms with van der Waals surface area (Å²) >= 11 is 7.25. The van der Waals surface area contributed by atoms with E-state index in [1.807, 2.05) is 16.8 Å². The molecule has 8 heteroatoms. The molecule has 3 aliphatic heterocycles. The Morgan fingerprint density at radius 3 is 2.33 bits per heavy atom. The number of amides is 2. The van der Waals surface area contributed by atoms with Crippen LogP contribution in [0.25, 0.3) is 0 Å². The van der Waals surface area contributed by atoms with E-state index in [4.69, 9.17) is 11.6 Å². The quantitative estimate of drug-likeness (QED) is 0.797. The molecule has 3 saturated heterocycles. The Morgan fingerprint density at radius 1 is 1.15 bits per heavy atom. The largest absolute Gasteiger partial charge is 0.342 e. The van der Waals surface area contributed by atoms with Crippen LogP contribution >= 0.6 is 35.3 Å². The topological polar surface area (TPSA) is 52.7 Å². The standard InChI is InChI=1S/C19H26ClN3O2S.ClH/c1-22(15-10-13-2-3-14(11-15)21-13)18(24)12-6-8-23(9-7-12)19(25)16-4-5-17(20)26-16;/h4-5,12-15,21H,2-3,6-11H2,1H3;1H. The molecule has 27 heavy (non-hydrogen) atoms. The minimum atomic E-state index is 0. The summed E-state index contributed by atoms with van der Waals surface area (Å²) in [5.41, 5.74) is 0. The van der Waals surface area contributed by atoms with E-state index in [1.165, 1.54) is 24.2 Å². The Balaban J connectivity index is 0.00000210. The highest BCUT2D eigenvalue weighted by Crippen LogP contribution is 2.31.